The van der Waals surface area contributed by atoms with Gasteiger partial charge in [0.1, 0.15) is 0 Å². The lowest BCUT2D eigenvalue weighted by Crippen LogP contribution is -2.36. The average Bonchev–Trinajstić information content (AvgIpc) is 3.60. The van der Waals surface area contributed by atoms with E-state index in [1.165, 1.54) is 6.08 Å². The van der Waals surface area contributed by atoms with E-state index in [4.69, 9.17) is 0 Å². The number of carboxylic acid groups (broad SMARTS) is 2. The molecular weight excluding hydrogens is 596 g/mol. The Bertz CT molecular complexity index is 1560. The van der Waals surface area contributed by atoms with Crippen LogP contribution in [0.2, 0.25) is 0 Å². The van der Waals surface area contributed by atoms with E-state index in [1.807, 2.05) is 46.8 Å². The van der Waals surface area contributed by atoms with Crippen LogP contribution in [0.5, 0.6) is 0 Å². The van der Waals surface area contributed by atoms with Crippen molar-refractivity contribution in [2.75, 3.05) is 0 Å². The molecule has 1 aromatic rings. The second kappa shape index (κ2) is 13.8. The van der Waals surface area contributed by atoms with Gasteiger partial charge in [-0.2, -0.15) is 12.6 Å². The van der Waals surface area contributed by atoms with Crippen LogP contribution >= 0.6 is 12.6 Å². The Hall–Kier alpha value is -4.19. The summed E-state index contributed by atoms with van der Waals surface area (Å²) in [7, 11) is 0. The summed E-state index contributed by atoms with van der Waals surface area (Å²) in [5.74, 6) is -2.54. The Balaban J connectivity index is 1.74. The topological polar surface area (TPSA) is 181 Å². The summed E-state index contributed by atoms with van der Waals surface area (Å²) in [6, 6.07) is -0.481. The third kappa shape index (κ3) is 7.22. The molecule has 5 atom stereocenters. The van der Waals surface area contributed by atoms with Gasteiger partial charge in [0, 0.05) is 64.3 Å². The maximum absolute atomic E-state index is 12.5. The first kappa shape index (κ1) is 33.7. The number of aromatic amines is 1. The minimum atomic E-state index is -0.927. The Morgan fingerprint density at radius 3 is 2.22 bits per heavy atom. The van der Waals surface area contributed by atoms with Gasteiger partial charge in [0.2, 0.25) is 5.91 Å². The van der Waals surface area contributed by atoms with E-state index in [0.29, 0.717) is 17.7 Å². The predicted molar refractivity (Wildman–Crippen MR) is 174 cm³/mol. The summed E-state index contributed by atoms with van der Waals surface area (Å²) < 4.78 is 0. The molecule has 0 aliphatic carbocycles. The molecule has 3 aliphatic heterocycles. The largest absolute Gasteiger partial charge is 0.516 e. The van der Waals surface area contributed by atoms with Gasteiger partial charge < -0.3 is 36.3 Å². The van der Waals surface area contributed by atoms with E-state index < -0.39 is 11.9 Å². The molecule has 7 N–H and O–H groups in total. The number of H-pyrrole nitrogens is 1. The van der Waals surface area contributed by atoms with Gasteiger partial charge in [-0.25, -0.2) is 0 Å². The Morgan fingerprint density at radius 2 is 1.60 bits per heavy atom. The summed E-state index contributed by atoms with van der Waals surface area (Å²) in [6.45, 7) is 9.52. The highest BCUT2D eigenvalue weighted by Gasteiger charge is 2.38. The summed E-state index contributed by atoms with van der Waals surface area (Å²) in [5, 5.41) is 37.5. The minimum absolute atomic E-state index is 0.0716. The molecular formula is C33H42N4O7S. The molecule has 0 bridgehead atoms. The number of nitrogens with one attached hydrogen (secondary N) is 4. The van der Waals surface area contributed by atoms with Gasteiger partial charge in [0.15, 0.2) is 0 Å². The zero-order valence-electron chi connectivity index (χ0n) is 26.2. The van der Waals surface area contributed by atoms with E-state index in [9.17, 15) is 34.5 Å². The molecule has 0 radical (unpaired) electrons. The van der Waals surface area contributed by atoms with E-state index in [-0.39, 0.29) is 66.7 Å². The van der Waals surface area contributed by atoms with Crippen LogP contribution < -0.4 is 16.0 Å². The van der Waals surface area contributed by atoms with E-state index in [0.717, 1.165) is 51.2 Å². The quantitative estimate of drug-likeness (QED) is 0.124. The normalized spacial score (nSPS) is 25.9. The number of aliphatic hydroxyl groups excluding tert-OH is 1. The SMILES string of the molecule is CC1=C(CCC(=O)O)/C(=C/c2[nH]c(/C=C3\NC(=O)[C@H](C)[C@H]3[C@@H](C)S)c(C)c2CCC(=O)O)NC1C[C@H]1NC(=O)C(/C=C/O)=C1C. The second-order valence-electron chi connectivity index (χ2n) is 12.1. The molecule has 0 aromatic carbocycles. The molecule has 3 aliphatic rings. The zero-order valence-corrected chi connectivity index (χ0v) is 27.0. The molecule has 12 heteroatoms. The summed E-state index contributed by atoms with van der Waals surface area (Å²) in [4.78, 5) is 51.5. The van der Waals surface area contributed by atoms with Crippen LogP contribution in [0.25, 0.3) is 12.2 Å². The molecule has 242 valence electrons. The van der Waals surface area contributed by atoms with Gasteiger partial charge >= 0.3 is 11.9 Å². The van der Waals surface area contributed by atoms with Crippen molar-refractivity contribution in [2.24, 2.45) is 11.8 Å². The van der Waals surface area contributed by atoms with Crippen LogP contribution in [0.1, 0.15) is 75.9 Å². The van der Waals surface area contributed by atoms with Gasteiger partial charge in [-0.3, -0.25) is 19.2 Å². The number of carboxylic acids is 2. The highest BCUT2D eigenvalue weighted by Crippen LogP contribution is 2.36. The number of carbonyl (C=O) groups is 4. The summed E-state index contributed by atoms with van der Waals surface area (Å²) in [6.07, 6.45) is 6.92. The number of hydrogen-bond donors (Lipinski definition) is 8. The third-order valence-corrected chi connectivity index (χ3v) is 9.50. The lowest BCUT2D eigenvalue weighted by Gasteiger charge is -2.20. The molecule has 45 heavy (non-hydrogen) atoms. The molecule has 2 amide bonds. The molecule has 0 saturated carbocycles. The van der Waals surface area contributed by atoms with Crippen LogP contribution in [0.15, 0.2) is 46.0 Å². The fourth-order valence-corrected chi connectivity index (χ4v) is 7.00. The maximum atomic E-state index is 12.5. The number of hydrogen-bond acceptors (Lipinski definition) is 7. The minimum Gasteiger partial charge on any atom is -0.516 e. The Labute approximate surface area is 268 Å². The third-order valence-electron chi connectivity index (χ3n) is 9.18. The molecule has 0 spiro atoms. The number of amides is 2. The van der Waals surface area contributed by atoms with Crippen molar-refractivity contribution in [3.63, 3.8) is 0 Å². The number of thiol groups is 1. The van der Waals surface area contributed by atoms with Crippen molar-refractivity contribution in [1.82, 2.24) is 20.9 Å². The van der Waals surface area contributed by atoms with Crippen LogP contribution in [-0.2, 0) is 25.6 Å². The van der Waals surface area contributed by atoms with Crippen molar-refractivity contribution < 1.29 is 34.5 Å². The van der Waals surface area contributed by atoms with Crippen molar-refractivity contribution in [2.45, 2.75) is 84.1 Å². The van der Waals surface area contributed by atoms with Crippen molar-refractivity contribution in [3.05, 3.63) is 68.5 Å². The predicted octanol–water partition coefficient (Wildman–Crippen LogP) is 4.15. The van der Waals surface area contributed by atoms with Gasteiger partial charge in [-0.15, -0.1) is 0 Å². The number of carbonyl (C=O) groups excluding carboxylic acids is 2. The molecule has 1 saturated heterocycles. The Morgan fingerprint density at radius 1 is 0.956 bits per heavy atom. The van der Waals surface area contributed by atoms with Gasteiger partial charge in [0.25, 0.3) is 5.91 Å². The van der Waals surface area contributed by atoms with Crippen LogP contribution in [-0.4, -0.2) is 61.4 Å². The van der Waals surface area contributed by atoms with Gasteiger partial charge in [0.05, 0.1) is 12.3 Å². The fraction of sp³-hybridized carbons (Fsp3) is 0.455. The lowest BCUT2D eigenvalue weighted by atomic mass is 9.91. The second-order valence-corrected chi connectivity index (χ2v) is 12.9. The van der Waals surface area contributed by atoms with Gasteiger partial charge in [-0.05, 0) is 86.1 Å². The smallest absolute Gasteiger partial charge is 0.303 e. The molecule has 1 unspecified atom stereocenters. The van der Waals surface area contributed by atoms with Crippen LogP contribution in [0, 0.1) is 18.8 Å². The molecule has 1 fully saturated rings. The highest BCUT2D eigenvalue weighted by atomic mass is 32.1. The monoisotopic (exact) mass is 638 g/mol. The van der Waals surface area contributed by atoms with Crippen LogP contribution in [0.4, 0.5) is 0 Å². The number of aliphatic hydroxyl groups is 1. The lowest BCUT2D eigenvalue weighted by molar-refractivity contribution is -0.138. The van der Waals surface area contributed by atoms with E-state index in [1.54, 1.807) is 0 Å². The first-order valence-corrected chi connectivity index (χ1v) is 15.6. The number of aromatic nitrogens is 1. The number of rotatable bonds is 12. The summed E-state index contributed by atoms with van der Waals surface area (Å²) >= 11 is 4.62. The molecule has 1 aromatic heterocycles. The first-order valence-electron chi connectivity index (χ1n) is 15.1. The van der Waals surface area contributed by atoms with Crippen LogP contribution in [0.3, 0.4) is 0 Å². The zero-order chi connectivity index (χ0) is 33.2. The summed E-state index contributed by atoms with van der Waals surface area (Å²) in [5.41, 5.74) is 7.61. The Kier molecular flexibility index (Phi) is 10.4. The fourth-order valence-electron chi connectivity index (χ4n) is 6.58. The van der Waals surface area contributed by atoms with Gasteiger partial charge in [-0.1, -0.05) is 13.8 Å². The number of allylic oxidation sites excluding steroid dienone is 2. The van der Waals surface area contributed by atoms with E-state index in [2.05, 4.69) is 33.6 Å². The number of aliphatic carboxylic acids is 2. The highest BCUT2D eigenvalue weighted by molar-refractivity contribution is 7.80. The maximum Gasteiger partial charge on any atom is 0.303 e. The standard InChI is InChI=1S/C33H42N4O7S/c1-15-20(6-8-29(39)40)26(34-23(15)12-25-17(3)22(10-11-38)33(44)36-25)14-27-21(7-9-30(41)42)16(2)24(35-27)13-28-31(19(5)45)18(4)32(43)37-28/h10-11,13-14,18-19,23,25,31,34-35,38,45H,6-9,12H2,1-5H3,(H,36,44)(H,37,43)(H,39,40)(H,41,42)/b11-10+,26-14-,28-13-/t18-,19-,23?,25-,31+/m1/s1. The van der Waals surface area contributed by atoms with Crippen molar-refractivity contribution >= 4 is 48.5 Å². The van der Waals surface area contributed by atoms with Crippen molar-refractivity contribution in [3.8, 4) is 0 Å². The molecule has 4 heterocycles. The molecule has 4 rings (SSSR count). The first-order chi connectivity index (χ1) is 21.2. The van der Waals surface area contributed by atoms with Crippen molar-refractivity contribution in [1.29, 1.82) is 0 Å². The molecule has 11 nitrogen and oxygen atoms in total. The van der Waals surface area contributed by atoms with E-state index >= 15 is 0 Å². The average molecular weight is 639 g/mol.